The average molecular weight is 753 g/mol. The predicted molar refractivity (Wildman–Crippen MR) is 191 cm³/mol. The van der Waals surface area contributed by atoms with Crippen molar-refractivity contribution in [3.63, 3.8) is 0 Å². The monoisotopic (exact) mass is 752 g/mol. The Balaban J connectivity index is 1.29. The third kappa shape index (κ3) is 4.59. The number of methoxy groups -OCH3 is 1. The molecule has 14 nitrogen and oxygen atoms in total. The molecule has 2 unspecified atom stereocenters. The number of hydrogen-bond acceptors (Lipinski definition) is 14. The lowest BCUT2D eigenvalue weighted by Crippen LogP contribution is -2.69. The van der Waals surface area contributed by atoms with Crippen LogP contribution in [0.4, 0.5) is 0 Å². The van der Waals surface area contributed by atoms with E-state index in [9.17, 15) is 29.5 Å². The van der Waals surface area contributed by atoms with E-state index in [-0.39, 0.29) is 47.8 Å². The molecule has 4 bridgehead atoms. The maximum absolute atomic E-state index is 14.2. The molecule has 0 radical (unpaired) electrons. The third-order valence-corrected chi connectivity index (χ3v) is 13.2. The third-order valence-electron chi connectivity index (χ3n) is 11.8. The van der Waals surface area contributed by atoms with Gasteiger partial charge in [-0.15, -0.1) is 11.8 Å². The van der Waals surface area contributed by atoms with Crippen LogP contribution in [0.5, 0.6) is 28.7 Å². The number of ether oxygens (including phenoxy) is 5. The summed E-state index contributed by atoms with van der Waals surface area (Å²) in [6, 6.07) is 6.63. The maximum atomic E-state index is 14.2. The van der Waals surface area contributed by atoms with Crippen molar-refractivity contribution in [2.75, 3.05) is 33.3 Å². The van der Waals surface area contributed by atoms with Gasteiger partial charge in [-0.05, 0) is 50.6 Å². The lowest BCUT2D eigenvalue weighted by molar-refractivity contribution is -0.153. The average Bonchev–Trinajstić information content (AvgIpc) is 3.73. The summed E-state index contributed by atoms with van der Waals surface area (Å²) in [4.78, 5) is 59.7. The van der Waals surface area contributed by atoms with E-state index in [0.717, 1.165) is 16.0 Å². The van der Waals surface area contributed by atoms with Crippen molar-refractivity contribution in [2.24, 2.45) is 0 Å². The molecule has 2 fully saturated rings. The number of phenolic OH excluding ortho intramolecular Hbond substituents is 1. The minimum atomic E-state index is -1.30. The molecule has 0 spiro atoms. The molecule has 0 aromatic heterocycles. The zero-order chi connectivity index (χ0) is 37.9. The van der Waals surface area contributed by atoms with E-state index < -0.39 is 59.2 Å². The molecule has 7 aliphatic heterocycles. The SMILES string of the molecule is COc1c(C)cc2c(c1O)[C@@H]1C3[C@@H]4SCC(N5C(=O)c6ccccc6C5=O)C(=O)OC[C@@H](c5c6c(c(C)c(OC(C)=O)c54)OCO6)N3[C@@H](C#N)[C@H](C2)N1C. The van der Waals surface area contributed by atoms with Gasteiger partial charge in [0.05, 0.1) is 41.6 Å². The maximum Gasteiger partial charge on any atom is 0.330 e. The standard InChI is InChI=1S/C39H36N4O10S/c1-16-10-19-11-22-23(12-40)42-24-13-50-39(48)25(43-37(46)20-8-6-7-9-21(20)38(43)47)14-54-36(30(42)29(41(22)4)26(19)31(45)32(16)49-5)28-27(24)35-34(51-15-52-35)17(2)33(28)53-18(3)44/h6-10,22-25,29-30,36,45H,11,13-15H2,1-5H3/t22-,23-,24-,25?,29+,30?,36+/m0/s1. The van der Waals surface area contributed by atoms with Crippen molar-refractivity contribution in [1.29, 1.82) is 5.26 Å². The topological polar surface area (TPSA) is 168 Å². The van der Waals surface area contributed by atoms with Gasteiger partial charge in [-0.3, -0.25) is 29.1 Å². The van der Waals surface area contributed by atoms with Gasteiger partial charge in [0.15, 0.2) is 23.0 Å². The van der Waals surface area contributed by atoms with Gasteiger partial charge in [-0.2, -0.15) is 5.26 Å². The number of likely N-dealkylation sites (N-methyl/N-ethyl adjacent to an activating group) is 1. The second-order valence-corrected chi connectivity index (χ2v) is 15.6. The molecule has 0 aliphatic carbocycles. The molecule has 7 heterocycles. The van der Waals surface area contributed by atoms with E-state index in [1.54, 1.807) is 31.2 Å². The number of rotatable bonds is 3. The van der Waals surface area contributed by atoms with Crippen LogP contribution in [-0.4, -0.2) is 101 Å². The highest BCUT2D eigenvalue weighted by atomic mass is 32.2. The van der Waals surface area contributed by atoms with Gasteiger partial charge < -0.3 is 28.8 Å². The fourth-order valence-electron chi connectivity index (χ4n) is 9.63. The van der Waals surface area contributed by atoms with E-state index in [1.165, 1.54) is 25.8 Å². The second-order valence-electron chi connectivity index (χ2n) is 14.4. The normalized spacial score (nSPS) is 28.0. The van der Waals surface area contributed by atoms with Crippen LogP contribution in [0.3, 0.4) is 0 Å². The molecule has 2 amide bonds. The van der Waals surface area contributed by atoms with Crippen molar-refractivity contribution in [3.05, 3.63) is 74.8 Å². The summed E-state index contributed by atoms with van der Waals surface area (Å²) in [5, 5.41) is 22.3. The van der Waals surface area contributed by atoms with E-state index in [4.69, 9.17) is 23.7 Å². The molecule has 10 rings (SSSR count). The highest BCUT2D eigenvalue weighted by Crippen LogP contribution is 2.64. The van der Waals surface area contributed by atoms with Crippen LogP contribution >= 0.6 is 11.8 Å². The number of imide groups is 1. The molecule has 278 valence electrons. The van der Waals surface area contributed by atoms with Crippen molar-refractivity contribution >= 4 is 35.5 Å². The summed E-state index contributed by atoms with van der Waals surface area (Å²) in [7, 11) is 3.44. The zero-order valence-electron chi connectivity index (χ0n) is 30.1. The summed E-state index contributed by atoms with van der Waals surface area (Å²) in [6.45, 7) is 4.55. The number of hydrogen-bond donors (Lipinski definition) is 1. The van der Waals surface area contributed by atoms with Crippen molar-refractivity contribution in [1.82, 2.24) is 14.7 Å². The predicted octanol–water partition coefficient (Wildman–Crippen LogP) is 3.90. The van der Waals surface area contributed by atoms with Crippen molar-refractivity contribution in [3.8, 4) is 34.8 Å². The number of carbonyl (C=O) groups excluding carboxylic acids is 4. The molecule has 15 heteroatoms. The number of nitriles is 1. The minimum Gasteiger partial charge on any atom is -0.504 e. The van der Waals surface area contributed by atoms with Gasteiger partial charge in [0.2, 0.25) is 6.79 Å². The smallest absolute Gasteiger partial charge is 0.330 e. The zero-order valence-corrected chi connectivity index (χ0v) is 30.9. The molecule has 1 N–H and O–H groups in total. The molecular formula is C39H36N4O10S. The number of phenols is 1. The van der Waals surface area contributed by atoms with Crippen molar-refractivity contribution < 1.29 is 48.0 Å². The molecule has 7 aliphatic rings. The number of amides is 2. The van der Waals surface area contributed by atoms with Crippen LogP contribution in [0.25, 0.3) is 0 Å². The molecule has 2 saturated heterocycles. The Bertz CT molecular complexity index is 2220. The Morgan fingerprint density at radius 2 is 1.70 bits per heavy atom. The number of esters is 2. The fraction of sp³-hybridized carbons (Fsp3) is 0.410. The molecular weight excluding hydrogens is 717 g/mol. The highest BCUT2D eigenvalue weighted by molar-refractivity contribution is 7.99. The Kier molecular flexibility index (Phi) is 7.90. The Morgan fingerprint density at radius 3 is 2.37 bits per heavy atom. The number of aryl methyl sites for hydroxylation is 1. The van der Waals surface area contributed by atoms with Gasteiger partial charge in [0.1, 0.15) is 24.4 Å². The Hall–Kier alpha value is -5.30. The van der Waals surface area contributed by atoms with Gasteiger partial charge in [0, 0.05) is 47.0 Å². The molecule has 3 aromatic carbocycles. The van der Waals surface area contributed by atoms with Gasteiger partial charge in [-0.25, -0.2) is 4.79 Å². The van der Waals surface area contributed by atoms with Gasteiger partial charge in [-0.1, -0.05) is 18.2 Å². The first-order valence-electron chi connectivity index (χ1n) is 17.7. The quantitative estimate of drug-likeness (QED) is 0.232. The number of piperazine rings is 1. The lowest BCUT2D eigenvalue weighted by atomic mass is 9.71. The number of thioether (sulfide) groups is 1. The number of benzene rings is 3. The van der Waals surface area contributed by atoms with Crippen molar-refractivity contribution in [2.45, 2.75) is 68.7 Å². The van der Waals surface area contributed by atoms with E-state index in [1.807, 2.05) is 20.0 Å². The summed E-state index contributed by atoms with van der Waals surface area (Å²) < 4.78 is 30.0. The number of aromatic hydroxyl groups is 1. The van der Waals surface area contributed by atoms with Crippen LogP contribution in [0.15, 0.2) is 30.3 Å². The van der Waals surface area contributed by atoms with Crippen LogP contribution < -0.4 is 18.9 Å². The van der Waals surface area contributed by atoms with E-state index in [2.05, 4.69) is 15.9 Å². The summed E-state index contributed by atoms with van der Waals surface area (Å²) in [6.07, 6.45) is 0.450. The fourth-order valence-corrected chi connectivity index (χ4v) is 11.2. The largest absolute Gasteiger partial charge is 0.504 e. The molecule has 54 heavy (non-hydrogen) atoms. The number of carbonyl (C=O) groups is 4. The number of nitrogens with zero attached hydrogens (tertiary/aromatic N) is 4. The van der Waals surface area contributed by atoms with Crippen LogP contribution in [0, 0.1) is 25.2 Å². The summed E-state index contributed by atoms with van der Waals surface area (Å²) >= 11 is 1.29. The van der Waals surface area contributed by atoms with E-state index in [0.29, 0.717) is 45.9 Å². The first kappa shape index (κ1) is 34.5. The molecule has 3 aromatic rings. The van der Waals surface area contributed by atoms with Crippen LogP contribution in [0.1, 0.15) is 78.4 Å². The van der Waals surface area contributed by atoms with E-state index >= 15 is 0 Å². The van der Waals surface area contributed by atoms with Gasteiger partial charge in [0.25, 0.3) is 11.8 Å². The van der Waals surface area contributed by atoms with Crippen LogP contribution in [-0.2, 0) is 20.7 Å². The molecule has 0 saturated carbocycles. The Labute approximate surface area is 314 Å². The van der Waals surface area contributed by atoms with Gasteiger partial charge >= 0.3 is 11.9 Å². The highest BCUT2D eigenvalue weighted by Gasteiger charge is 2.61. The second kappa shape index (κ2) is 12.4. The first-order chi connectivity index (χ1) is 26.0. The minimum absolute atomic E-state index is 0.00578. The summed E-state index contributed by atoms with van der Waals surface area (Å²) in [5.74, 6) is -1.24. The molecule has 7 atom stereocenters. The Morgan fingerprint density at radius 1 is 1.00 bits per heavy atom. The summed E-state index contributed by atoms with van der Waals surface area (Å²) in [5.41, 5.74) is 4.38. The number of fused-ring (bicyclic) bond motifs is 11. The van der Waals surface area contributed by atoms with Crippen LogP contribution in [0.2, 0.25) is 0 Å². The lowest BCUT2D eigenvalue weighted by Gasteiger charge is -2.61. The first-order valence-corrected chi connectivity index (χ1v) is 18.7.